The molecule has 0 spiro atoms. The molecule has 0 atom stereocenters. The zero-order chi connectivity index (χ0) is 18.2. The Balaban J connectivity index is 0.000000152. The van der Waals surface area contributed by atoms with Crippen molar-refractivity contribution >= 4 is 34.3 Å². The Morgan fingerprint density at radius 1 is 0.846 bits per heavy atom. The second-order valence-electron chi connectivity index (χ2n) is 5.09. The molecule has 0 bridgehead atoms. The van der Waals surface area contributed by atoms with Gasteiger partial charge in [0, 0.05) is 42.3 Å². The van der Waals surface area contributed by atoms with Gasteiger partial charge in [-0.3, -0.25) is 9.97 Å². The van der Waals surface area contributed by atoms with Gasteiger partial charge in [0.1, 0.15) is 15.0 Å². The molecule has 4 aromatic heterocycles. The molecule has 9 heteroatoms. The second kappa shape index (κ2) is 9.42. The van der Waals surface area contributed by atoms with Crippen LogP contribution in [0.4, 0.5) is 0 Å². The smallest absolute Gasteiger partial charge is 0.207 e. The highest BCUT2D eigenvalue weighted by molar-refractivity contribution is 7.18. The normalized spacial score (nSPS) is 10.2. The molecule has 0 aliphatic carbocycles. The van der Waals surface area contributed by atoms with Gasteiger partial charge >= 0.3 is 0 Å². The van der Waals surface area contributed by atoms with Gasteiger partial charge in [0.25, 0.3) is 0 Å². The van der Waals surface area contributed by atoms with E-state index >= 15 is 0 Å². The molecule has 26 heavy (non-hydrogen) atoms. The van der Waals surface area contributed by atoms with Crippen LogP contribution >= 0.6 is 34.3 Å². The minimum Gasteiger partial charge on any atom is -0.264 e. The topological polar surface area (TPSA) is 77.3 Å². The van der Waals surface area contributed by atoms with Gasteiger partial charge in [-0.25, -0.2) is 0 Å². The van der Waals surface area contributed by atoms with Gasteiger partial charge < -0.3 is 0 Å². The van der Waals surface area contributed by atoms with Crippen LogP contribution in [0.15, 0.2) is 49.1 Å². The van der Waals surface area contributed by atoms with Crippen LogP contribution in [0.3, 0.4) is 0 Å². The lowest BCUT2D eigenvalue weighted by Gasteiger charge is -1.90. The number of aryl methyl sites for hydroxylation is 1. The highest BCUT2D eigenvalue weighted by Crippen LogP contribution is 2.25. The molecular weight excluding hydrogens is 388 g/mol. The predicted molar refractivity (Wildman–Crippen MR) is 105 cm³/mol. The maximum atomic E-state index is 5.63. The number of hydrogen-bond acceptors (Lipinski definition) is 8. The van der Waals surface area contributed by atoms with Gasteiger partial charge in [0.05, 0.1) is 0 Å². The number of hydrogen-bond donors (Lipinski definition) is 0. The Labute approximate surface area is 164 Å². The van der Waals surface area contributed by atoms with Crippen LogP contribution in [0.25, 0.3) is 21.1 Å². The Kier molecular flexibility index (Phi) is 6.70. The predicted octanol–water partition coefficient (Wildman–Crippen LogP) is 4.81. The average molecular weight is 403 g/mol. The summed E-state index contributed by atoms with van der Waals surface area (Å²) >= 11 is 8.63. The first-order valence-corrected chi connectivity index (χ1v) is 9.89. The van der Waals surface area contributed by atoms with Crippen molar-refractivity contribution in [2.75, 3.05) is 0 Å². The fraction of sp³-hybridized carbons (Fsp3) is 0.176. The van der Waals surface area contributed by atoms with Crippen molar-refractivity contribution < 1.29 is 0 Å². The van der Waals surface area contributed by atoms with Gasteiger partial charge in [0.15, 0.2) is 0 Å². The van der Waals surface area contributed by atoms with Gasteiger partial charge in [-0.05, 0) is 42.3 Å². The number of aromatic nitrogens is 6. The molecule has 0 aromatic carbocycles. The van der Waals surface area contributed by atoms with Crippen molar-refractivity contribution in [2.24, 2.45) is 0 Å². The first-order chi connectivity index (χ1) is 12.8. The molecule has 0 radical (unpaired) electrons. The zero-order valence-corrected chi connectivity index (χ0v) is 16.3. The van der Waals surface area contributed by atoms with Crippen LogP contribution in [-0.4, -0.2) is 30.4 Å². The van der Waals surface area contributed by atoms with E-state index in [4.69, 9.17) is 11.6 Å². The van der Waals surface area contributed by atoms with Crippen molar-refractivity contribution in [2.45, 2.75) is 19.8 Å². The molecule has 0 aliphatic heterocycles. The summed E-state index contributed by atoms with van der Waals surface area (Å²) in [6.45, 7) is 2.14. The van der Waals surface area contributed by atoms with Crippen LogP contribution in [0.2, 0.25) is 4.47 Å². The molecule has 132 valence electrons. The summed E-state index contributed by atoms with van der Waals surface area (Å²) in [6, 6.07) is 7.69. The number of pyridine rings is 2. The first-order valence-electron chi connectivity index (χ1n) is 7.88. The van der Waals surface area contributed by atoms with E-state index in [2.05, 4.69) is 37.3 Å². The van der Waals surface area contributed by atoms with E-state index in [1.807, 2.05) is 30.5 Å². The van der Waals surface area contributed by atoms with Crippen molar-refractivity contribution in [3.05, 3.63) is 58.5 Å². The monoisotopic (exact) mass is 402 g/mol. The lowest BCUT2D eigenvalue weighted by molar-refractivity contribution is 0.879. The highest BCUT2D eigenvalue weighted by Gasteiger charge is 2.05. The summed E-state index contributed by atoms with van der Waals surface area (Å²) < 4.78 is 0.453. The quantitative estimate of drug-likeness (QED) is 0.487. The van der Waals surface area contributed by atoms with Crippen LogP contribution in [0.5, 0.6) is 0 Å². The Morgan fingerprint density at radius 3 is 1.96 bits per heavy atom. The fourth-order valence-electron chi connectivity index (χ4n) is 1.99. The maximum Gasteiger partial charge on any atom is 0.207 e. The molecule has 6 nitrogen and oxygen atoms in total. The van der Waals surface area contributed by atoms with Crippen molar-refractivity contribution in [3.63, 3.8) is 0 Å². The summed E-state index contributed by atoms with van der Waals surface area (Å²) in [4.78, 5) is 8.02. The van der Waals surface area contributed by atoms with Crippen molar-refractivity contribution in [1.82, 2.24) is 30.4 Å². The Bertz CT molecular complexity index is 927. The van der Waals surface area contributed by atoms with E-state index < -0.39 is 0 Å². The minimum atomic E-state index is 0.453. The zero-order valence-electron chi connectivity index (χ0n) is 13.9. The largest absolute Gasteiger partial charge is 0.264 e. The molecule has 0 saturated heterocycles. The van der Waals surface area contributed by atoms with Gasteiger partial charge in [-0.15, -0.1) is 20.4 Å². The molecule has 0 amide bonds. The number of nitrogens with zero attached hydrogens (tertiary/aromatic N) is 6. The highest BCUT2D eigenvalue weighted by atomic mass is 35.5. The molecular formula is C17H15ClN6S2. The van der Waals surface area contributed by atoms with Crippen molar-refractivity contribution in [3.8, 4) is 21.1 Å². The molecule has 0 aliphatic rings. The third-order valence-corrected chi connectivity index (χ3v) is 5.25. The molecule has 4 heterocycles. The van der Waals surface area contributed by atoms with Gasteiger partial charge in [0.2, 0.25) is 4.47 Å². The third-order valence-electron chi connectivity index (χ3n) is 3.15. The van der Waals surface area contributed by atoms with Crippen LogP contribution in [0.1, 0.15) is 18.4 Å². The Morgan fingerprint density at radius 2 is 1.46 bits per heavy atom. The molecule has 0 N–H and O–H groups in total. The Hall–Kier alpha value is -2.29. The number of rotatable bonds is 4. The van der Waals surface area contributed by atoms with E-state index in [-0.39, 0.29) is 0 Å². The van der Waals surface area contributed by atoms with E-state index in [1.54, 1.807) is 29.9 Å². The average Bonchev–Trinajstić information content (AvgIpc) is 3.33. The first kappa shape index (κ1) is 18.5. The number of halogens is 1. The van der Waals surface area contributed by atoms with E-state index in [9.17, 15) is 0 Å². The summed E-state index contributed by atoms with van der Waals surface area (Å²) in [5.74, 6) is 0. The maximum absolute atomic E-state index is 5.63. The van der Waals surface area contributed by atoms with Gasteiger partial charge in [-0.2, -0.15) is 0 Å². The molecule has 0 saturated carbocycles. The van der Waals surface area contributed by atoms with Crippen molar-refractivity contribution in [1.29, 1.82) is 0 Å². The minimum absolute atomic E-state index is 0.453. The van der Waals surface area contributed by atoms with Crippen LogP contribution in [-0.2, 0) is 6.42 Å². The van der Waals surface area contributed by atoms with Gasteiger partial charge in [-0.1, -0.05) is 29.6 Å². The SMILES string of the molecule is CCCc1nnc(-c2cccnc2)s1.Clc1nnc(-c2cccnc2)s1. The molecule has 0 fully saturated rings. The lowest BCUT2D eigenvalue weighted by atomic mass is 10.3. The summed E-state index contributed by atoms with van der Waals surface area (Å²) in [5, 5.41) is 18.7. The summed E-state index contributed by atoms with van der Waals surface area (Å²) in [6.07, 6.45) is 9.15. The molecule has 0 unspecified atom stereocenters. The summed E-state index contributed by atoms with van der Waals surface area (Å²) in [7, 11) is 0. The third kappa shape index (κ3) is 5.10. The fourth-order valence-corrected chi connectivity index (χ4v) is 3.74. The molecule has 4 rings (SSSR count). The van der Waals surface area contributed by atoms with E-state index in [0.29, 0.717) is 4.47 Å². The second-order valence-corrected chi connectivity index (χ2v) is 7.72. The standard InChI is InChI=1S/C10H11N3S.C7H4ClN3S/c1-2-4-9-12-13-10(14-9)8-5-3-6-11-7-8;8-7-11-10-6(12-7)5-2-1-3-9-4-5/h3,5-7H,2,4H2,1H3;1-4H. The van der Waals surface area contributed by atoms with E-state index in [0.717, 1.165) is 39.0 Å². The molecule has 4 aromatic rings. The van der Waals surface area contributed by atoms with Crippen LogP contribution < -0.4 is 0 Å². The van der Waals surface area contributed by atoms with E-state index in [1.165, 1.54) is 11.3 Å². The van der Waals surface area contributed by atoms with Crippen LogP contribution in [0, 0.1) is 0 Å². The summed E-state index contributed by atoms with van der Waals surface area (Å²) in [5.41, 5.74) is 1.99. The lowest BCUT2D eigenvalue weighted by Crippen LogP contribution is -1.80.